The lowest BCUT2D eigenvalue weighted by molar-refractivity contribution is 0.0963. The molecule has 0 spiro atoms. The number of hydrogen-bond donors (Lipinski definition) is 3. The van der Waals surface area contributed by atoms with Crippen LogP contribution >= 0.6 is 11.6 Å². The van der Waals surface area contributed by atoms with Gasteiger partial charge in [-0.15, -0.1) is 0 Å². The molecule has 2 rings (SSSR count). The predicted molar refractivity (Wildman–Crippen MR) is 79.6 cm³/mol. The van der Waals surface area contributed by atoms with Crippen LogP contribution in [0.5, 0.6) is 0 Å². The Morgan fingerprint density at radius 1 is 1.23 bits per heavy atom. The largest absolute Gasteiger partial charge is 0.357 e. The molecule has 116 valence electrons. The number of halogens is 3. The first-order valence-electron chi connectivity index (χ1n) is 6.14. The number of carbonyl (C=O) groups is 1. The fourth-order valence-electron chi connectivity index (χ4n) is 1.68. The minimum atomic E-state index is -1.13. The first-order chi connectivity index (χ1) is 10.5. The number of nitrogens with zero attached hydrogens (tertiary/aromatic N) is 2. The van der Waals surface area contributed by atoms with Gasteiger partial charge in [0.15, 0.2) is 17.5 Å². The van der Waals surface area contributed by atoms with Gasteiger partial charge >= 0.3 is 0 Å². The molecule has 9 heteroatoms. The van der Waals surface area contributed by atoms with Gasteiger partial charge in [-0.1, -0.05) is 11.6 Å². The van der Waals surface area contributed by atoms with Crippen molar-refractivity contribution in [3.05, 3.63) is 40.6 Å². The molecule has 0 saturated carbocycles. The van der Waals surface area contributed by atoms with Crippen LogP contribution in [-0.4, -0.2) is 30.0 Å². The number of rotatable bonds is 4. The van der Waals surface area contributed by atoms with Gasteiger partial charge in [-0.3, -0.25) is 4.79 Å². The third-order valence-electron chi connectivity index (χ3n) is 2.75. The van der Waals surface area contributed by atoms with Gasteiger partial charge in [0.1, 0.15) is 5.02 Å². The van der Waals surface area contributed by atoms with Crippen LogP contribution in [0.15, 0.2) is 18.3 Å². The maximum absolute atomic E-state index is 13.5. The molecule has 1 amide bonds. The lowest BCUT2D eigenvalue weighted by Gasteiger charge is -2.13. The van der Waals surface area contributed by atoms with E-state index in [0.29, 0.717) is 0 Å². The average Bonchev–Trinajstić information content (AvgIpc) is 2.52. The normalized spacial score (nSPS) is 10.2. The van der Waals surface area contributed by atoms with E-state index in [1.165, 1.54) is 13.2 Å². The smallest absolute Gasteiger partial charge is 0.253 e. The van der Waals surface area contributed by atoms with Crippen LogP contribution in [0.1, 0.15) is 10.4 Å². The lowest BCUT2D eigenvalue weighted by atomic mass is 10.1. The summed E-state index contributed by atoms with van der Waals surface area (Å²) in [6.07, 6.45) is 1.34. The van der Waals surface area contributed by atoms with E-state index in [2.05, 4.69) is 25.9 Å². The van der Waals surface area contributed by atoms with Crippen LogP contribution in [-0.2, 0) is 0 Å². The molecule has 0 unspecified atom stereocenters. The van der Waals surface area contributed by atoms with Crippen LogP contribution in [0.25, 0.3) is 0 Å². The van der Waals surface area contributed by atoms with E-state index in [4.69, 9.17) is 11.6 Å². The van der Waals surface area contributed by atoms with Gasteiger partial charge < -0.3 is 16.0 Å². The molecule has 0 aliphatic rings. The third-order valence-corrected chi connectivity index (χ3v) is 3.03. The molecule has 1 aromatic heterocycles. The minimum absolute atomic E-state index is 0.0286. The van der Waals surface area contributed by atoms with E-state index in [-0.39, 0.29) is 28.0 Å². The summed E-state index contributed by atoms with van der Waals surface area (Å²) in [6, 6.07) is 1.65. The Balaban J connectivity index is 2.48. The Morgan fingerprint density at radius 3 is 2.55 bits per heavy atom. The Kier molecular flexibility index (Phi) is 4.71. The molecule has 0 fully saturated rings. The molecule has 1 aromatic carbocycles. The summed E-state index contributed by atoms with van der Waals surface area (Å²) in [7, 11) is 2.99. The molecule has 0 radical (unpaired) electrons. The molecular weight excluding hydrogens is 316 g/mol. The molecular formula is C13H12ClF2N5O. The fourth-order valence-corrected chi connectivity index (χ4v) is 1.81. The van der Waals surface area contributed by atoms with Gasteiger partial charge in [0.25, 0.3) is 5.91 Å². The van der Waals surface area contributed by atoms with E-state index < -0.39 is 17.5 Å². The van der Waals surface area contributed by atoms with Gasteiger partial charge in [-0.2, -0.15) is 4.98 Å². The van der Waals surface area contributed by atoms with Crippen molar-refractivity contribution in [3.8, 4) is 0 Å². The summed E-state index contributed by atoms with van der Waals surface area (Å²) in [4.78, 5) is 19.7. The highest BCUT2D eigenvalue weighted by atomic mass is 35.5. The van der Waals surface area contributed by atoms with E-state index in [9.17, 15) is 13.6 Å². The molecule has 0 bridgehead atoms. The van der Waals surface area contributed by atoms with Crippen LogP contribution in [0.2, 0.25) is 5.02 Å². The van der Waals surface area contributed by atoms with Crippen LogP contribution < -0.4 is 16.0 Å². The van der Waals surface area contributed by atoms with Crippen molar-refractivity contribution in [2.75, 3.05) is 24.7 Å². The monoisotopic (exact) mass is 327 g/mol. The Labute approximate surface area is 129 Å². The van der Waals surface area contributed by atoms with Crippen LogP contribution in [0, 0.1) is 11.6 Å². The summed E-state index contributed by atoms with van der Waals surface area (Å²) < 4.78 is 26.8. The zero-order chi connectivity index (χ0) is 16.3. The highest BCUT2D eigenvalue weighted by Crippen LogP contribution is 2.27. The first kappa shape index (κ1) is 15.9. The van der Waals surface area contributed by atoms with Gasteiger partial charge in [0.05, 0.1) is 17.4 Å². The van der Waals surface area contributed by atoms with Crippen molar-refractivity contribution >= 4 is 35.0 Å². The maximum atomic E-state index is 13.5. The molecule has 0 atom stereocenters. The van der Waals surface area contributed by atoms with Gasteiger partial charge in [0.2, 0.25) is 5.95 Å². The van der Waals surface area contributed by atoms with Crippen molar-refractivity contribution < 1.29 is 13.6 Å². The quantitative estimate of drug-likeness (QED) is 0.804. The van der Waals surface area contributed by atoms with Crippen molar-refractivity contribution in [1.29, 1.82) is 0 Å². The highest BCUT2D eigenvalue weighted by molar-refractivity contribution is 6.33. The van der Waals surface area contributed by atoms with Gasteiger partial charge in [-0.25, -0.2) is 13.8 Å². The summed E-state index contributed by atoms with van der Waals surface area (Å²) >= 11 is 5.96. The summed E-state index contributed by atoms with van der Waals surface area (Å²) in [5.41, 5.74) is -0.0528. The number of nitrogens with one attached hydrogen (secondary N) is 3. The van der Waals surface area contributed by atoms with Crippen LogP contribution in [0.3, 0.4) is 0 Å². The maximum Gasteiger partial charge on any atom is 0.253 e. The Morgan fingerprint density at radius 2 is 1.91 bits per heavy atom. The predicted octanol–water partition coefficient (Wildman–Crippen LogP) is 2.55. The molecule has 6 nitrogen and oxygen atoms in total. The summed E-state index contributed by atoms with van der Waals surface area (Å²) in [6.45, 7) is 0. The second-order valence-corrected chi connectivity index (χ2v) is 4.56. The average molecular weight is 328 g/mol. The van der Waals surface area contributed by atoms with Gasteiger partial charge in [0, 0.05) is 20.2 Å². The van der Waals surface area contributed by atoms with E-state index in [0.717, 1.165) is 12.1 Å². The lowest BCUT2D eigenvalue weighted by Crippen LogP contribution is -2.20. The molecule has 1 heterocycles. The second kappa shape index (κ2) is 6.52. The van der Waals surface area contributed by atoms with Crippen molar-refractivity contribution in [2.24, 2.45) is 0 Å². The number of amides is 1. The standard InChI is InChI=1S/C13H12ClF2N5O/c1-17-12(22)6-3-8(15)9(16)4-10(6)20-11-7(14)5-19-13(18-2)21-11/h3-5H,1-2H3,(H,17,22)(H2,18,19,20,21). The molecule has 2 aromatic rings. The van der Waals surface area contributed by atoms with Crippen LogP contribution in [0.4, 0.5) is 26.2 Å². The van der Waals surface area contributed by atoms with E-state index in [1.54, 1.807) is 7.05 Å². The SMILES string of the molecule is CNC(=O)c1cc(F)c(F)cc1Nc1nc(NC)ncc1Cl. The zero-order valence-corrected chi connectivity index (χ0v) is 12.4. The number of carbonyl (C=O) groups excluding carboxylic acids is 1. The third kappa shape index (κ3) is 3.22. The van der Waals surface area contributed by atoms with Crippen molar-refractivity contribution in [1.82, 2.24) is 15.3 Å². The highest BCUT2D eigenvalue weighted by Gasteiger charge is 2.17. The molecule has 0 saturated heterocycles. The Hall–Kier alpha value is -2.48. The number of anilines is 3. The first-order valence-corrected chi connectivity index (χ1v) is 6.52. The molecule has 0 aliphatic carbocycles. The molecule has 3 N–H and O–H groups in total. The molecule has 22 heavy (non-hydrogen) atoms. The van der Waals surface area contributed by atoms with Crippen molar-refractivity contribution in [3.63, 3.8) is 0 Å². The number of aromatic nitrogens is 2. The molecule has 0 aliphatic heterocycles. The zero-order valence-electron chi connectivity index (χ0n) is 11.7. The van der Waals surface area contributed by atoms with Gasteiger partial charge in [-0.05, 0) is 6.07 Å². The Bertz CT molecular complexity index is 726. The second-order valence-electron chi connectivity index (χ2n) is 4.16. The van der Waals surface area contributed by atoms with E-state index in [1.807, 2.05) is 0 Å². The summed E-state index contributed by atoms with van der Waals surface area (Å²) in [5, 5.41) is 7.93. The van der Waals surface area contributed by atoms with Crippen molar-refractivity contribution in [2.45, 2.75) is 0 Å². The van der Waals surface area contributed by atoms with E-state index >= 15 is 0 Å². The fraction of sp³-hybridized carbons (Fsp3) is 0.154. The number of hydrogen-bond acceptors (Lipinski definition) is 5. The number of benzene rings is 1. The minimum Gasteiger partial charge on any atom is -0.357 e. The topological polar surface area (TPSA) is 78.9 Å². The summed E-state index contributed by atoms with van der Waals surface area (Å²) in [5.74, 6) is -2.39.